The van der Waals surface area contributed by atoms with Crippen LogP contribution in [0.3, 0.4) is 0 Å². The van der Waals surface area contributed by atoms with Crippen LogP contribution in [0.2, 0.25) is 0 Å². The van der Waals surface area contributed by atoms with Gasteiger partial charge in [0, 0.05) is 6.54 Å². The Labute approximate surface area is 62.4 Å². The molecule has 0 aromatic rings. The minimum absolute atomic E-state index is 0.0212. The van der Waals surface area contributed by atoms with Crippen LogP contribution < -0.4 is 5.48 Å². The molecule has 0 unspecified atom stereocenters. The van der Waals surface area contributed by atoms with Crippen LogP contribution in [-0.2, 0) is 9.57 Å². The molecule has 6 heteroatoms. The van der Waals surface area contributed by atoms with Gasteiger partial charge in [-0.2, -0.15) is 0 Å². The van der Waals surface area contributed by atoms with E-state index < -0.39 is 13.0 Å². The van der Waals surface area contributed by atoms with E-state index >= 15 is 0 Å². The summed E-state index contributed by atoms with van der Waals surface area (Å²) >= 11 is 0. The first kappa shape index (κ1) is 10.7. The van der Waals surface area contributed by atoms with Gasteiger partial charge in [-0.1, -0.05) is 0 Å². The Kier molecular flexibility index (Phi) is 5.18. The summed E-state index contributed by atoms with van der Waals surface area (Å²) in [6, 6.07) is 0. The van der Waals surface area contributed by atoms with Crippen molar-refractivity contribution in [3.63, 3.8) is 0 Å². The summed E-state index contributed by atoms with van der Waals surface area (Å²) < 4.78 is 37.3. The molecule has 0 aromatic heterocycles. The van der Waals surface area contributed by atoms with E-state index in [0.29, 0.717) is 6.61 Å². The third-order valence-corrected chi connectivity index (χ3v) is 0.716. The second kappa shape index (κ2) is 5.34. The maximum atomic E-state index is 11.3. The van der Waals surface area contributed by atoms with Crippen molar-refractivity contribution in [2.75, 3.05) is 19.8 Å². The van der Waals surface area contributed by atoms with E-state index in [1.807, 2.05) is 0 Å². The molecular weight excluding hydrogens is 163 g/mol. The third-order valence-electron chi connectivity index (χ3n) is 0.716. The summed E-state index contributed by atoms with van der Waals surface area (Å²) in [7, 11) is 0. The normalized spacial score (nSPS) is 12.0. The van der Waals surface area contributed by atoms with Gasteiger partial charge < -0.3 is 4.84 Å². The highest BCUT2D eigenvalue weighted by molar-refractivity contribution is 4.34. The van der Waals surface area contributed by atoms with E-state index in [1.54, 1.807) is 6.92 Å². The Hall–Kier alpha value is -0.330. The minimum atomic E-state index is -4.55. The van der Waals surface area contributed by atoms with Crippen molar-refractivity contribution < 1.29 is 22.7 Å². The molecule has 0 saturated heterocycles. The number of rotatable bonds is 5. The summed E-state index contributed by atoms with van der Waals surface area (Å²) in [4.78, 5) is 4.55. The van der Waals surface area contributed by atoms with Crippen LogP contribution in [0.1, 0.15) is 6.92 Å². The van der Waals surface area contributed by atoms with E-state index in [2.05, 4.69) is 15.1 Å². The number of ether oxygens (including phenoxy) is 1. The van der Waals surface area contributed by atoms with Crippen LogP contribution in [0.5, 0.6) is 0 Å². The summed E-state index contributed by atoms with van der Waals surface area (Å²) in [5.41, 5.74) is 2.28. The van der Waals surface area contributed by atoms with Gasteiger partial charge in [-0.25, -0.2) is 5.48 Å². The Balaban J connectivity index is 3.02. The molecule has 0 aliphatic carbocycles. The number of nitrogens with one attached hydrogen (secondary N) is 1. The monoisotopic (exact) mass is 173 g/mol. The van der Waals surface area contributed by atoms with Crippen LogP contribution in [0.15, 0.2) is 0 Å². The molecule has 0 heterocycles. The van der Waals surface area contributed by atoms with Gasteiger partial charge in [0.1, 0.15) is 0 Å². The molecule has 0 rings (SSSR count). The average Bonchev–Trinajstić information content (AvgIpc) is 1.85. The lowest BCUT2D eigenvalue weighted by Crippen LogP contribution is -2.24. The van der Waals surface area contributed by atoms with Gasteiger partial charge in [0.2, 0.25) is 0 Å². The molecule has 0 aliphatic rings. The predicted octanol–water partition coefficient (Wildman–Crippen LogP) is 1.06. The first-order valence-electron chi connectivity index (χ1n) is 3.11. The molecule has 1 N–H and O–H groups in total. The van der Waals surface area contributed by atoms with Gasteiger partial charge in [-0.15, -0.1) is 13.2 Å². The SMILES string of the molecule is CCONCCOC(F)(F)F. The summed E-state index contributed by atoms with van der Waals surface area (Å²) in [5, 5.41) is 0. The molecular formula is C5H10F3NO2. The van der Waals surface area contributed by atoms with Gasteiger partial charge in [-0.05, 0) is 6.92 Å². The van der Waals surface area contributed by atoms with Crippen LogP contribution in [0, 0.1) is 0 Å². The van der Waals surface area contributed by atoms with E-state index in [-0.39, 0.29) is 6.54 Å². The highest BCUT2D eigenvalue weighted by atomic mass is 19.4. The van der Waals surface area contributed by atoms with Gasteiger partial charge in [-0.3, -0.25) is 4.74 Å². The van der Waals surface area contributed by atoms with Crippen molar-refractivity contribution in [1.82, 2.24) is 5.48 Å². The van der Waals surface area contributed by atoms with Crippen molar-refractivity contribution in [3.8, 4) is 0 Å². The lowest BCUT2D eigenvalue weighted by molar-refractivity contribution is -0.324. The molecule has 0 aromatic carbocycles. The maximum Gasteiger partial charge on any atom is 0.522 e. The minimum Gasteiger partial charge on any atom is -0.302 e. The zero-order valence-electron chi connectivity index (χ0n) is 6.07. The highest BCUT2D eigenvalue weighted by Crippen LogP contribution is 2.14. The number of alkyl halides is 3. The number of halogens is 3. The largest absolute Gasteiger partial charge is 0.522 e. The Morgan fingerprint density at radius 1 is 1.36 bits per heavy atom. The first-order valence-corrected chi connectivity index (χ1v) is 3.11. The zero-order valence-corrected chi connectivity index (χ0v) is 6.07. The molecule has 11 heavy (non-hydrogen) atoms. The molecule has 3 nitrogen and oxygen atoms in total. The van der Waals surface area contributed by atoms with Crippen LogP contribution in [0.25, 0.3) is 0 Å². The van der Waals surface area contributed by atoms with Crippen molar-refractivity contribution >= 4 is 0 Å². The Bertz CT molecular complexity index is 96.2. The summed E-state index contributed by atoms with van der Waals surface area (Å²) in [5.74, 6) is 0. The summed E-state index contributed by atoms with van der Waals surface area (Å²) in [6.07, 6.45) is -4.55. The summed E-state index contributed by atoms with van der Waals surface area (Å²) in [6.45, 7) is 1.71. The van der Waals surface area contributed by atoms with E-state index in [9.17, 15) is 13.2 Å². The number of hydroxylamine groups is 1. The van der Waals surface area contributed by atoms with Crippen LogP contribution >= 0.6 is 0 Å². The third kappa shape index (κ3) is 9.67. The van der Waals surface area contributed by atoms with E-state index in [0.717, 1.165) is 0 Å². The fraction of sp³-hybridized carbons (Fsp3) is 1.00. The molecule has 0 atom stereocenters. The number of hydrogen-bond acceptors (Lipinski definition) is 3. The molecule has 0 amide bonds. The molecule has 68 valence electrons. The second-order valence-corrected chi connectivity index (χ2v) is 1.62. The van der Waals surface area contributed by atoms with Gasteiger partial charge in [0.05, 0.1) is 13.2 Å². The standard InChI is InChI=1S/C5H10F3NO2/c1-2-11-9-3-4-10-5(6,7)8/h9H,2-4H2,1H3. The highest BCUT2D eigenvalue weighted by Gasteiger charge is 2.28. The topological polar surface area (TPSA) is 30.5 Å². The van der Waals surface area contributed by atoms with Gasteiger partial charge in [0.25, 0.3) is 0 Å². The maximum absolute atomic E-state index is 11.3. The Morgan fingerprint density at radius 3 is 2.45 bits per heavy atom. The fourth-order valence-electron chi connectivity index (χ4n) is 0.383. The molecule has 0 radical (unpaired) electrons. The van der Waals surface area contributed by atoms with Crippen molar-refractivity contribution in [2.45, 2.75) is 13.3 Å². The van der Waals surface area contributed by atoms with Gasteiger partial charge in [0.15, 0.2) is 0 Å². The van der Waals surface area contributed by atoms with Crippen LogP contribution in [0.4, 0.5) is 13.2 Å². The molecule has 0 saturated carbocycles. The van der Waals surface area contributed by atoms with E-state index in [1.165, 1.54) is 0 Å². The molecule has 0 aliphatic heterocycles. The smallest absolute Gasteiger partial charge is 0.302 e. The zero-order chi connectivity index (χ0) is 8.74. The van der Waals surface area contributed by atoms with Crippen LogP contribution in [-0.4, -0.2) is 26.1 Å². The molecule has 0 spiro atoms. The Morgan fingerprint density at radius 2 is 2.00 bits per heavy atom. The average molecular weight is 173 g/mol. The molecule has 0 fully saturated rings. The fourth-order valence-corrected chi connectivity index (χ4v) is 0.383. The first-order chi connectivity index (χ1) is 5.06. The number of hydrogen-bond donors (Lipinski definition) is 1. The molecule has 0 bridgehead atoms. The van der Waals surface area contributed by atoms with E-state index in [4.69, 9.17) is 0 Å². The van der Waals surface area contributed by atoms with Gasteiger partial charge >= 0.3 is 6.36 Å². The van der Waals surface area contributed by atoms with Crippen molar-refractivity contribution in [3.05, 3.63) is 0 Å². The lowest BCUT2D eigenvalue weighted by atomic mass is 10.7. The predicted molar refractivity (Wildman–Crippen MR) is 31.6 cm³/mol. The second-order valence-electron chi connectivity index (χ2n) is 1.62. The van der Waals surface area contributed by atoms with Crippen molar-refractivity contribution in [2.24, 2.45) is 0 Å². The lowest BCUT2D eigenvalue weighted by Gasteiger charge is -2.07. The quantitative estimate of drug-likeness (QED) is 0.498. The van der Waals surface area contributed by atoms with Crippen molar-refractivity contribution in [1.29, 1.82) is 0 Å².